The Labute approximate surface area is 166 Å². The van der Waals surface area contributed by atoms with E-state index in [1.54, 1.807) is 19.2 Å². The summed E-state index contributed by atoms with van der Waals surface area (Å²) in [7, 11) is 1.67. The van der Waals surface area contributed by atoms with Crippen molar-refractivity contribution in [2.75, 3.05) is 33.3 Å². The van der Waals surface area contributed by atoms with Crippen LogP contribution in [-0.2, 0) is 11.3 Å². The van der Waals surface area contributed by atoms with Crippen LogP contribution in [0.25, 0.3) is 0 Å². The van der Waals surface area contributed by atoms with Gasteiger partial charge in [-0.15, -0.1) is 0 Å². The molecule has 0 bridgehead atoms. The van der Waals surface area contributed by atoms with Gasteiger partial charge in [0.05, 0.1) is 7.11 Å². The van der Waals surface area contributed by atoms with E-state index in [2.05, 4.69) is 17.0 Å². The molecule has 2 aromatic rings. The summed E-state index contributed by atoms with van der Waals surface area (Å²) in [5.74, 6) is 0.897. The minimum atomic E-state index is -0.244. The maximum absolute atomic E-state index is 13.1. The first-order chi connectivity index (χ1) is 13.5. The molecular formula is C23H29FN2O2. The summed E-state index contributed by atoms with van der Waals surface area (Å²) < 4.78 is 18.3. The predicted molar refractivity (Wildman–Crippen MR) is 109 cm³/mol. The van der Waals surface area contributed by atoms with Gasteiger partial charge in [-0.1, -0.05) is 31.2 Å². The highest BCUT2D eigenvalue weighted by Crippen LogP contribution is 2.21. The molecule has 0 radical (unpaired) electrons. The standard InChI is InChI=1S/C23H29FN2O2/c1-18(20-6-8-21(24)9-7-20)16-23(27)26-13-3-12-25(14-15-26)17-19-4-10-22(28-2)11-5-19/h4-11,18H,3,12-17H2,1-2H3. The molecule has 1 aliphatic rings. The summed E-state index contributed by atoms with van der Waals surface area (Å²) in [5, 5.41) is 0. The Hall–Kier alpha value is -2.40. The van der Waals surface area contributed by atoms with Crippen molar-refractivity contribution in [3.63, 3.8) is 0 Å². The molecule has 1 saturated heterocycles. The molecule has 0 spiro atoms. The first-order valence-corrected chi connectivity index (χ1v) is 9.93. The lowest BCUT2D eigenvalue weighted by molar-refractivity contribution is -0.131. The summed E-state index contributed by atoms with van der Waals surface area (Å²) in [6.45, 7) is 6.34. The predicted octanol–water partition coefficient (Wildman–Crippen LogP) is 4.06. The molecule has 28 heavy (non-hydrogen) atoms. The molecule has 0 aromatic heterocycles. The van der Waals surface area contributed by atoms with E-state index < -0.39 is 0 Å². The monoisotopic (exact) mass is 384 g/mol. The molecule has 5 heteroatoms. The van der Waals surface area contributed by atoms with Gasteiger partial charge in [-0.05, 0) is 47.7 Å². The highest BCUT2D eigenvalue weighted by molar-refractivity contribution is 5.77. The number of hydrogen-bond donors (Lipinski definition) is 0. The molecule has 2 aromatic carbocycles. The number of ether oxygens (including phenoxy) is 1. The van der Waals surface area contributed by atoms with Crippen molar-refractivity contribution in [2.24, 2.45) is 0 Å². The van der Waals surface area contributed by atoms with E-state index in [1.807, 2.05) is 24.0 Å². The molecule has 3 rings (SSSR count). The molecule has 1 atom stereocenters. The van der Waals surface area contributed by atoms with Gasteiger partial charge in [0.1, 0.15) is 11.6 Å². The maximum Gasteiger partial charge on any atom is 0.223 e. The summed E-state index contributed by atoms with van der Waals surface area (Å²) in [5.41, 5.74) is 2.26. The molecule has 0 aliphatic carbocycles. The zero-order chi connectivity index (χ0) is 19.9. The van der Waals surface area contributed by atoms with Crippen molar-refractivity contribution in [1.82, 2.24) is 9.80 Å². The average molecular weight is 384 g/mol. The Morgan fingerprint density at radius 2 is 1.75 bits per heavy atom. The van der Waals surface area contributed by atoms with Crippen LogP contribution in [-0.4, -0.2) is 49.0 Å². The van der Waals surface area contributed by atoms with Gasteiger partial charge >= 0.3 is 0 Å². The number of methoxy groups -OCH3 is 1. The van der Waals surface area contributed by atoms with Crippen LogP contribution in [0.1, 0.15) is 36.8 Å². The SMILES string of the molecule is COc1ccc(CN2CCCN(C(=O)CC(C)c3ccc(F)cc3)CC2)cc1. The molecule has 1 aliphatic heterocycles. The molecule has 150 valence electrons. The van der Waals surface area contributed by atoms with Crippen molar-refractivity contribution in [3.8, 4) is 5.75 Å². The third-order valence-corrected chi connectivity index (χ3v) is 5.43. The number of halogens is 1. The second kappa shape index (κ2) is 9.69. The Morgan fingerprint density at radius 3 is 2.43 bits per heavy atom. The van der Waals surface area contributed by atoms with Crippen LogP contribution < -0.4 is 4.74 Å². The summed E-state index contributed by atoms with van der Waals surface area (Å²) >= 11 is 0. The number of hydrogen-bond acceptors (Lipinski definition) is 3. The number of carbonyl (C=O) groups excluding carboxylic acids is 1. The fraction of sp³-hybridized carbons (Fsp3) is 0.435. The number of nitrogens with zero attached hydrogens (tertiary/aromatic N) is 2. The van der Waals surface area contributed by atoms with Gasteiger partial charge in [0, 0.05) is 39.1 Å². The van der Waals surface area contributed by atoms with Crippen molar-refractivity contribution in [3.05, 3.63) is 65.5 Å². The van der Waals surface area contributed by atoms with E-state index >= 15 is 0 Å². The molecule has 1 unspecified atom stereocenters. The number of carbonyl (C=O) groups is 1. The maximum atomic E-state index is 13.1. The minimum absolute atomic E-state index is 0.0896. The quantitative estimate of drug-likeness (QED) is 0.753. The van der Waals surface area contributed by atoms with E-state index in [-0.39, 0.29) is 17.6 Å². The van der Waals surface area contributed by atoms with Crippen molar-refractivity contribution in [2.45, 2.75) is 32.2 Å². The second-order valence-electron chi connectivity index (χ2n) is 7.52. The lowest BCUT2D eigenvalue weighted by Gasteiger charge is -2.23. The van der Waals surface area contributed by atoms with Gasteiger partial charge in [0.15, 0.2) is 0 Å². The van der Waals surface area contributed by atoms with E-state index in [0.29, 0.717) is 6.42 Å². The summed E-state index contributed by atoms with van der Waals surface area (Å²) in [6, 6.07) is 14.6. The Bertz CT molecular complexity index is 761. The molecule has 0 saturated carbocycles. The topological polar surface area (TPSA) is 32.8 Å². The van der Waals surface area contributed by atoms with E-state index in [9.17, 15) is 9.18 Å². The van der Waals surface area contributed by atoms with Crippen LogP contribution in [0.5, 0.6) is 5.75 Å². The van der Waals surface area contributed by atoms with Crippen molar-refractivity contribution >= 4 is 5.91 Å². The van der Waals surface area contributed by atoms with Gasteiger partial charge in [-0.2, -0.15) is 0 Å². The highest BCUT2D eigenvalue weighted by Gasteiger charge is 2.21. The highest BCUT2D eigenvalue weighted by atomic mass is 19.1. The van der Waals surface area contributed by atoms with Crippen LogP contribution in [0, 0.1) is 5.82 Å². The van der Waals surface area contributed by atoms with Gasteiger partial charge in [0.25, 0.3) is 0 Å². The normalized spacial score (nSPS) is 16.5. The third kappa shape index (κ3) is 5.55. The zero-order valence-corrected chi connectivity index (χ0v) is 16.7. The Morgan fingerprint density at radius 1 is 1.04 bits per heavy atom. The van der Waals surface area contributed by atoms with Crippen LogP contribution >= 0.6 is 0 Å². The van der Waals surface area contributed by atoms with E-state index in [0.717, 1.165) is 50.5 Å². The molecule has 4 nitrogen and oxygen atoms in total. The fourth-order valence-electron chi connectivity index (χ4n) is 3.67. The minimum Gasteiger partial charge on any atom is -0.497 e. The zero-order valence-electron chi connectivity index (χ0n) is 16.7. The molecule has 1 fully saturated rings. The Balaban J connectivity index is 1.50. The van der Waals surface area contributed by atoms with Crippen LogP contribution in [0.15, 0.2) is 48.5 Å². The van der Waals surface area contributed by atoms with Crippen molar-refractivity contribution in [1.29, 1.82) is 0 Å². The smallest absolute Gasteiger partial charge is 0.223 e. The summed E-state index contributed by atoms with van der Waals surface area (Å²) in [4.78, 5) is 17.1. The lowest BCUT2D eigenvalue weighted by atomic mass is 9.97. The molecular weight excluding hydrogens is 355 g/mol. The van der Waals surface area contributed by atoms with Crippen LogP contribution in [0.2, 0.25) is 0 Å². The Kier molecular flexibility index (Phi) is 7.04. The molecule has 1 heterocycles. The first-order valence-electron chi connectivity index (χ1n) is 9.93. The first kappa shape index (κ1) is 20.3. The van der Waals surface area contributed by atoms with E-state index in [1.165, 1.54) is 17.7 Å². The van der Waals surface area contributed by atoms with Gasteiger partial charge in [0.2, 0.25) is 5.91 Å². The number of rotatable bonds is 6. The van der Waals surface area contributed by atoms with Gasteiger partial charge in [-0.25, -0.2) is 4.39 Å². The van der Waals surface area contributed by atoms with Crippen LogP contribution in [0.3, 0.4) is 0 Å². The summed E-state index contributed by atoms with van der Waals surface area (Å²) in [6.07, 6.45) is 1.44. The third-order valence-electron chi connectivity index (χ3n) is 5.43. The molecule has 0 N–H and O–H groups in total. The van der Waals surface area contributed by atoms with Gasteiger partial charge in [-0.3, -0.25) is 9.69 Å². The van der Waals surface area contributed by atoms with E-state index in [4.69, 9.17) is 4.74 Å². The molecule has 1 amide bonds. The lowest BCUT2D eigenvalue weighted by Crippen LogP contribution is -2.35. The largest absolute Gasteiger partial charge is 0.497 e. The number of benzene rings is 2. The fourth-order valence-corrected chi connectivity index (χ4v) is 3.67. The van der Waals surface area contributed by atoms with Gasteiger partial charge < -0.3 is 9.64 Å². The van der Waals surface area contributed by atoms with Crippen molar-refractivity contribution < 1.29 is 13.9 Å². The number of amides is 1. The average Bonchev–Trinajstić information content (AvgIpc) is 2.94. The second-order valence-corrected chi connectivity index (χ2v) is 7.52. The van der Waals surface area contributed by atoms with Crippen LogP contribution in [0.4, 0.5) is 4.39 Å².